The van der Waals surface area contributed by atoms with Gasteiger partial charge in [-0.3, -0.25) is 0 Å². The van der Waals surface area contributed by atoms with Crippen LogP contribution in [0.4, 0.5) is 0 Å². The van der Waals surface area contributed by atoms with Gasteiger partial charge in [-0.25, -0.2) is 0 Å². The van der Waals surface area contributed by atoms with E-state index in [0.717, 1.165) is 36.9 Å². The zero-order chi connectivity index (χ0) is 11.1. The van der Waals surface area contributed by atoms with Gasteiger partial charge < -0.3 is 4.74 Å². The number of aryl methyl sites for hydroxylation is 2. The molecule has 0 saturated carbocycles. The number of alkyl halides is 1. The first-order valence-corrected chi connectivity index (χ1v) is 6.74. The smallest absolute Gasteiger partial charge is 0.122 e. The third-order valence-electron chi connectivity index (χ3n) is 2.41. The standard InChI is InChI=1S/C13H19BrO/c1-3-11-7-8-13(15-4-2)12(10-11)6-5-9-14/h7-8,10H,3-6,9H2,1-2H3. The van der Waals surface area contributed by atoms with E-state index in [4.69, 9.17) is 4.74 Å². The van der Waals surface area contributed by atoms with E-state index in [0.29, 0.717) is 0 Å². The van der Waals surface area contributed by atoms with E-state index >= 15 is 0 Å². The summed E-state index contributed by atoms with van der Waals surface area (Å²) in [6, 6.07) is 6.53. The number of rotatable bonds is 6. The van der Waals surface area contributed by atoms with Crippen molar-refractivity contribution in [2.75, 3.05) is 11.9 Å². The highest BCUT2D eigenvalue weighted by atomic mass is 79.9. The van der Waals surface area contributed by atoms with E-state index in [1.54, 1.807) is 0 Å². The Hall–Kier alpha value is -0.500. The maximum absolute atomic E-state index is 5.62. The van der Waals surface area contributed by atoms with Crippen LogP contribution >= 0.6 is 15.9 Å². The predicted octanol–water partition coefficient (Wildman–Crippen LogP) is 3.98. The highest BCUT2D eigenvalue weighted by Gasteiger charge is 2.03. The summed E-state index contributed by atoms with van der Waals surface area (Å²) in [4.78, 5) is 0. The lowest BCUT2D eigenvalue weighted by atomic mass is 10.0. The summed E-state index contributed by atoms with van der Waals surface area (Å²) in [6.07, 6.45) is 3.34. The molecule has 0 aliphatic rings. The Morgan fingerprint density at radius 1 is 1.27 bits per heavy atom. The molecule has 0 heterocycles. The average Bonchev–Trinajstić information content (AvgIpc) is 2.28. The molecule has 0 spiro atoms. The lowest BCUT2D eigenvalue weighted by Crippen LogP contribution is -1.98. The van der Waals surface area contributed by atoms with Crippen molar-refractivity contribution in [1.29, 1.82) is 0 Å². The molecule has 0 aliphatic carbocycles. The second kappa shape index (κ2) is 6.89. The molecule has 84 valence electrons. The first-order valence-electron chi connectivity index (χ1n) is 5.62. The summed E-state index contributed by atoms with van der Waals surface area (Å²) < 4.78 is 5.62. The quantitative estimate of drug-likeness (QED) is 0.711. The Morgan fingerprint density at radius 3 is 2.67 bits per heavy atom. The minimum absolute atomic E-state index is 0.743. The fourth-order valence-electron chi connectivity index (χ4n) is 1.60. The SMILES string of the molecule is CCOc1ccc(CC)cc1CCCBr. The van der Waals surface area contributed by atoms with Gasteiger partial charge in [0.25, 0.3) is 0 Å². The molecular weight excluding hydrogens is 252 g/mol. The van der Waals surface area contributed by atoms with Crippen molar-refractivity contribution >= 4 is 15.9 Å². The largest absolute Gasteiger partial charge is 0.494 e. The molecule has 0 amide bonds. The second-order valence-corrected chi connectivity index (χ2v) is 4.31. The zero-order valence-corrected chi connectivity index (χ0v) is 11.1. The van der Waals surface area contributed by atoms with Crippen molar-refractivity contribution in [3.63, 3.8) is 0 Å². The van der Waals surface area contributed by atoms with Crippen LogP contribution < -0.4 is 4.74 Å². The summed E-state index contributed by atoms with van der Waals surface area (Å²) in [5.41, 5.74) is 2.73. The molecule has 2 heteroatoms. The molecule has 0 radical (unpaired) electrons. The van der Waals surface area contributed by atoms with Crippen molar-refractivity contribution in [3.8, 4) is 5.75 Å². The van der Waals surface area contributed by atoms with Crippen molar-refractivity contribution in [1.82, 2.24) is 0 Å². The normalized spacial score (nSPS) is 10.3. The minimum Gasteiger partial charge on any atom is -0.494 e. The van der Waals surface area contributed by atoms with Crippen LogP contribution in [0.25, 0.3) is 0 Å². The number of hydrogen-bond donors (Lipinski definition) is 0. The van der Waals surface area contributed by atoms with Crippen LogP contribution in [-0.2, 0) is 12.8 Å². The molecule has 1 aromatic carbocycles. The number of halogens is 1. The Bertz CT molecular complexity index is 297. The molecule has 0 N–H and O–H groups in total. The Balaban J connectivity index is 2.83. The Kier molecular flexibility index (Phi) is 5.77. The molecule has 0 bridgehead atoms. The van der Waals surface area contributed by atoms with Gasteiger partial charge in [0.05, 0.1) is 6.61 Å². The molecule has 1 aromatic rings. The van der Waals surface area contributed by atoms with Gasteiger partial charge in [-0.15, -0.1) is 0 Å². The van der Waals surface area contributed by atoms with Gasteiger partial charge >= 0.3 is 0 Å². The summed E-state index contributed by atoms with van der Waals surface area (Å²) in [5.74, 6) is 1.05. The average molecular weight is 271 g/mol. The number of benzene rings is 1. The van der Waals surface area contributed by atoms with Crippen LogP contribution in [0.3, 0.4) is 0 Å². The van der Waals surface area contributed by atoms with E-state index in [1.165, 1.54) is 11.1 Å². The van der Waals surface area contributed by atoms with Crippen molar-refractivity contribution in [2.24, 2.45) is 0 Å². The molecule has 0 saturated heterocycles. The van der Waals surface area contributed by atoms with Gasteiger partial charge in [-0.2, -0.15) is 0 Å². The highest BCUT2D eigenvalue weighted by molar-refractivity contribution is 9.09. The lowest BCUT2D eigenvalue weighted by molar-refractivity contribution is 0.336. The minimum atomic E-state index is 0.743. The summed E-state index contributed by atoms with van der Waals surface area (Å²) >= 11 is 3.47. The summed E-state index contributed by atoms with van der Waals surface area (Å²) in [6.45, 7) is 4.96. The Labute approximate surface area is 101 Å². The molecule has 15 heavy (non-hydrogen) atoms. The first-order chi connectivity index (χ1) is 7.31. The van der Waals surface area contributed by atoms with E-state index in [1.807, 2.05) is 6.92 Å². The van der Waals surface area contributed by atoms with Crippen LogP contribution in [0.1, 0.15) is 31.4 Å². The van der Waals surface area contributed by atoms with Gasteiger partial charge in [0, 0.05) is 5.33 Å². The molecule has 0 fully saturated rings. The molecule has 0 atom stereocenters. The van der Waals surface area contributed by atoms with Crippen LogP contribution in [-0.4, -0.2) is 11.9 Å². The number of ether oxygens (including phenoxy) is 1. The zero-order valence-electron chi connectivity index (χ0n) is 9.55. The van der Waals surface area contributed by atoms with E-state index in [-0.39, 0.29) is 0 Å². The van der Waals surface area contributed by atoms with Gasteiger partial charge in [0.2, 0.25) is 0 Å². The molecule has 0 aliphatic heterocycles. The molecule has 1 rings (SSSR count). The second-order valence-electron chi connectivity index (χ2n) is 3.52. The van der Waals surface area contributed by atoms with Gasteiger partial charge in [-0.1, -0.05) is 35.0 Å². The van der Waals surface area contributed by atoms with E-state index in [9.17, 15) is 0 Å². The first kappa shape index (κ1) is 12.6. The summed E-state index contributed by atoms with van der Waals surface area (Å²) in [7, 11) is 0. The van der Waals surface area contributed by atoms with E-state index < -0.39 is 0 Å². The third-order valence-corrected chi connectivity index (χ3v) is 2.97. The van der Waals surface area contributed by atoms with Crippen molar-refractivity contribution in [2.45, 2.75) is 33.1 Å². The van der Waals surface area contributed by atoms with Crippen LogP contribution in [0.2, 0.25) is 0 Å². The lowest BCUT2D eigenvalue weighted by Gasteiger charge is -2.11. The predicted molar refractivity (Wildman–Crippen MR) is 69.1 cm³/mol. The highest BCUT2D eigenvalue weighted by Crippen LogP contribution is 2.22. The molecule has 0 unspecified atom stereocenters. The summed E-state index contributed by atoms with van der Waals surface area (Å²) in [5, 5.41) is 1.05. The maximum Gasteiger partial charge on any atom is 0.122 e. The number of hydrogen-bond acceptors (Lipinski definition) is 1. The fraction of sp³-hybridized carbons (Fsp3) is 0.538. The third kappa shape index (κ3) is 3.86. The van der Waals surface area contributed by atoms with Crippen molar-refractivity contribution < 1.29 is 4.74 Å². The van der Waals surface area contributed by atoms with Crippen molar-refractivity contribution in [3.05, 3.63) is 29.3 Å². The molecule has 1 nitrogen and oxygen atoms in total. The molecule has 0 aromatic heterocycles. The van der Waals surface area contributed by atoms with Gasteiger partial charge in [-0.05, 0) is 43.4 Å². The molecular formula is C13H19BrO. The van der Waals surface area contributed by atoms with Gasteiger partial charge in [0.1, 0.15) is 5.75 Å². The monoisotopic (exact) mass is 270 g/mol. The topological polar surface area (TPSA) is 9.23 Å². The van der Waals surface area contributed by atoms with Crippen LogP contribution in [0, 0.1) is 0 Å². The van der Waals surface area contributed by atoms with Crippen LogP contribution in [0.15, 0.2) is 18.2 Å². The van der Waals surface area contributed by atoms with E-state index in [2.05, 4.69) is 41.1 Å². The maximum atomic E-state index is 5.62. The van der Waals surface area contributed by atoms with Gasteiger partial charge in [0.15, 0.2) is 0 Å². The van der Waals surface area contributed by atoms with Crippen LogP contribution in [0.5, 0.6) is 5.75 Å². The fourth-order valence-corrected chi connectivity index (χ4v) is 1.88. The Morgan fingerprint density at radius 2 is 2.07 bits per heavy atom.